The van der Waals surface area contributed by atoms with Crippen molar-refractivity contribution in [2.45, 2.75) is 52.1 Å². The lowest BCUT2D eigenvalue weighted by Crippen LogP contribution is -2.45. The molecule has 0 radical (unpaired) electrons. The van der Waals surface area contributed by atoms with Crippen LogP contribution in [0.1, 0.15) is 55.5 Å². The Labute approximate surface area is 144 Å². The normalized spacial score (nSPS) is 19.7. The van der Waals surface area contributed by atoms with E-state index in [4.69, 9.17) is 5.11 Å². The molecule has 2 unspecified atom stereocenters. The number of benzene rings is 1. The number of piperidine rings is 1. The molecule has 1 fully saturated rings. The SMILES string of the molecule is CCCC(C)NC(=O)C1CCCN(Cc2ccc(C(=O)O)cc2)C1. The number of carbonyl (C=O) groups is 2. The van der Waals surface area contributed by atoms with Crippen molar-refractivity contribution in [3.8, 4) is 0 Å². The molecule has 0 aromatic heterocycles. The Kier molecular flexibility index (Phi) is 6.79. The zero-order valence-electron chi connectivity index (χ0n) is 14.6. The Bertz CT molecular complexity index is 556. The average molecular weight is 332 g/mol. The van der Waals surface area contributed by atoms with E-state index in [2.05, 4.69) is 24.1 Å². The number of aromatic carboxylic acids is 1. The fourth-order valence-corrected chi connectivity index (χ4v) is 3.29. The number of amides is 1. The van der Waals surface area contributed by atoms with Crippen LogP contribution < -0.4 is 5.32 Å². The number of nitrogens with one attached hydrogen (secondary N) is 1. The predicted molar refractivity (Wildman–Crippen MR) is 93.9 cm³/mol. The van der Waals surface area contributed by atoms with Crippen molar-refractivity contribution in [2.24, 2.45) is 5.92 Å². The van der Waals surface area contributed by atoms with Crippen LogP contribution in [0.5, 0.6) is 0 Å². The molecule has 5 heteroatoms. The highest BCUT2D eigenvalue weighted by atomic mass is 16.4. The minimum Gasteiger partial charge on any atom is -0.478 e. The highest BCUT2D eigenvalue weighted by molar-refractivity contribution is 5.87. The quantitative estimate of drug-likeness (QED) is 0.805. The summed E-state index contributed by atoms with van der Waals surface area (Å²) in [6, 6.07) is 7.23. The summed E-state index contributed by atoms with van der Waals surface area (Å²) in [6.07, 6.45) is 4.05. The van der Waals surface area contributed by atoms with Crippen molar-refractivity contribution < 1.29 is 14.7 Å². The Morgan fingerprint density at radius 1 is 1.33 bits per heavy atom. The van der Waals surface area contributed by atoms with Crippen LogP contribution in [0.3, 0.4) is 0 Å². The zero-order valence-corrected chi connectivity index (χ0v) is 14.6. The monoisotopic (exact) mass is 332 g/mol. The molecular weight excluding hydrogens is 304 g/mol. The van der Waals surface area contributed by atoms with E-state index in [0.29, 0.717) is 5.56 Å². The highest BCUT2D eigenvalue weighted by Crippen LogP contribution is 2.19. The summed E-state index contributed by atoms with van der Waals surface area (Å²) in [7, 11) is 0. The first-order valence-electron chi connectivity index (χ1n) is 8.84. The molecule has 1 aliphatic rings. The van der Waals surface area contributed by atoms with Gasteiger partial charge in [-0.2, -0.15) is 0 Å². The maximum Gasteiger partial charge on any atom is 0.335 e. The summed E-state index contributed by atoms with van der Waals surface area (Å²) in [6.45, 7) is 6.70. The molecule has 0 spiro atoms. The molecule has 1 heterocycles. The van der Waals surface area contributed by atoms with Gasteiger partial charge in [-0.25, -0.2) is 4.79 Å². The van der Waals surface area contributed by atoms with Crippen molar-refractivity contribution in [3.05, 3.63) is 35.4 Å². The van der Waals surface area contributed by atoms with Crippen LogP contribution in [-0.4, -0.2) is 41.0 Å². The largest absolute Gasteiger partial charge is 0.478 e. The third-order valence-corrected chi connectivity index (χ3v) is 4.59. The standard InChI is InChI=1S/C19H28N2O3/c1-3-5-14(2)20-18(22)17-6-4-11-21(13-17)12-15-7-9-16(10-8-15)19(23)24/h7-10,14,17H,3-6,11-13H2,1-2H3,(H,20,22)(H,23,24). The van der Waals surface area contributed by atoms with Gasteiger partial charge in [0.1, 0.15) is 0 Å². The van der Waals surface area contributed by atoms with E-state index in [9.17, 15) is 9.59 Å². The van der Waals surface area contributed by atoms with Gasteiger partial charge in [0.25, 0.3) is 0 Å². The van der Waals surface area contributed by atoms with Gasteiger partial charge in [0, 0.05) is 19.1 Å². The van der Waals surface area contributed by atoms with E-state index in [1.165, 1.54) is 0 Å². The summed E-state index contributed by atoms with van der Waals surface area (Å²) < 4.78 is 0. The van der Waals surface area contributed by atoms with E-state index in [-0.39, 0.29) is 17.9 Å². The molecular formula is C19H28N2O3. The van der Waals surface area contributed by atoms with Crippen LogP contribution in [0.15, 0.2) is 24.3 Å². The van der Waals surface area contributed by atoms with Gasteiger partial charge in [-0.3, -0.25) is 9.69 Å². The topological polar surface area (TPSA) is 69.6 Å². The molecule has 2 N–H and O–H groups in total. The van der Waals surface area contributed by atoms with Crippen LogP contribution in [0.25, 0.3) is 0 Å². The van der Waals surface area contributed by atoms with Gasteiger partial charge in [0.05, 0.1) is 11.5 Å². The van der Waals surface area contributed by atoms with Crippen molar-refractivity contribution in [1.29, 1.82) is 0 Å². The molecule has 2 rings (SSSR count). The van der Waals surface area contributed by atoms with E-state index < -0.39 is 5.97 Å². The minimum absolute atomic E-state index is 0.0522. The lowest BCUT2D eigenvalue weighted by molar-refractivity contribution is -0.127. The van der Waals surface area contributed by atoms with Crippen LogP contribution in [0.4, 0.5) is 0 Å². The Balaban J connectivity index is 1.88. The van der Waals surface area contributed by atoms with Gasteiger partial charge < -0.3 is 10.4 Å². The maximum absolute atomic E-state index is 12.4. The number of carbonyl (C=O) groups excluding carboxylic acids is 1. The average Bonchev–Trinajstić information content (AvgIpc) is 2.55. The molecule has 1 aliphatic heterocycles. The third kappa shape index (κ3) is 5.34. The van der Waals surface area contributed by atoms with Gasteiger partial charge in [0.2, 0.25) is 5.91 Å². The van der Waals surface area contributed by atoms with Crippen molar-refractivity contribution >= 4 is 11.9 Å². The minimum atomic E-state index is -0.905. The van der Waals surface area contributed by atoms with Gasteiger partial charge in [-0.05, 0) is 50.4 Å². The number of carboxylic acids is 1. The van der Waals surface area contributed by atoms with Crippen molar-refractivity contribution in [2.75, 3.05) is 13.1 Å². The zero-order chi connectivity index (χ0) is 17.5. The van der Waals surface area contributed by atoms with Crippen LogP contribution >= 0.6 is 0 Å². The summed E-state index contributed by atoms with van der Waals surface area (Å²) in [5.41, 5.74) is 1.39. The maximum atomic E-state index is 12.4. The second-order valence-corrected chi connectivity index (χ2v) is 6.77. The van der Waals surface area contributed by atoms with Crippen LogP contribution in [0.2, 0.25) is 0 Å². The van der Waals surface area contributed by atoms with Crippen LogP contribution in [-0.2, 0) is 11.3 Å². The molecule has 24 heavy (non-hydrogen) atoms. The summed E-state index contributed by atoms with van der Waals surface area (Å²) in [5.74, 6) is -0.685. The number of hydrogen-bond acceptors (Lipinski definition) is 3. The van der Waals surface area contributed by atoms with Gasteiger partial charge >= 0.3 is 5.97 Å². The number of nitrogens with zero attached hydrogens (tertiary/aromatic N) is 1. The number of rotatable bonds is 7. The number of likely N-dealkylation sites (tertiary alicyclic amines) is 1. The molecule has 132 valence electrons. The summed E-state index contributed by atoms with van der Waals surface area (Å²) in [5, 5.41) is 12.1. The molecule has 1 aromatic rings. The molecule has 1 saturated heterocycles. The smallest absolute Gasteiger partial charge is 0.335 e. The second kappa shape index (κ2) is 8.83. The lowest BCUT2D eigenvalue weighted by Gasteiger charge is -2.32. The first-order chi connectivity index (χ1) is 11.5. The molecule has 0 aliphatic carbocycles. The molecule has 0 bridgehead atoms. The van der Waals surface area contributed by atoms with Gasteiger partial charge in [0.15, 0.2) is 0 Å². The number of hydrogen-bond donors (Lipinski definition) is 2. The van der Waals surface area contributed by atoms with E-state index in [1.54, 1.807) is 12.1 Å². The van der Waals surface area contributed by atoms with Crippen molar-refractivity contribution in [3.63, 3.8) is 0 Å². The summed E-state index contributed by atoms with van der Waals surface area (Å²) >= 11 is 0. The first-order valence-corrected chi connectivity index (χ1v) is 8.84. The fourth-order valence-electron chi connectivity index (χ4n) is 3.29. The molecule has 2 atom stereocenters. The Morgan fingerprint density at radius 3 is 2.67 bits per heavy atom. The Morgan fingerprint density at radius 2 is 2.04 bits per heavy atom. The highest BCUT2D eigenvalue weighted by Gasteiger charge is 2.26. The van der Waals surface area contributed by atoms with E-state index in [1.807, 2.05) is 12.1 Å². The Hall–Kier alpha value is -1.88. The summed E-state index contributed by atoms with van der Waals surface area (Å²) in [4.78, 5) is 25.6. The van der Waals surface area contributed by atoms with E-state index in [0.717, 1.165) is 50.9 Å². The van der Waals surface area contributed by atoms with E-state index >= 15 is 0 Å². The van der Waals surface area contributed by atoms with Crippen molar-refractivity contribution in [1.82, 2.24) is 10.2 Å². The van der Waals surface area contributed by atoms with Gasteiger partial charge in [-0.1, -0.05) is 25.5 Å². The molecule has 5 nitrogen and oxygen atoms in total. The predicted octanol–water partition coefficient (Wildman–Crippen LogP) is 2.90. The number of carboxylic acid groups (broad SMARTS) is 1. The van der Waals surface area contributed by atoms with Gasteiger partial charge in [-0.15, -0.1) is 0 Å². The molecule has 0 saturated carbocycles. The second-order valence-electron chi connectivity index (χ2n) is 6.77. The molecule has 1 aromatic carbocycles. The molecule has 1 amide bonds. The first kappa shape index (κ1) is 18.5. The lowest BCUT2D eigenvalue weighted by atomic mass is 9.96. The third-order valence-electron chi connectivity index (χ3n) is 4.59. The van der Waals surface area contributed by atoms with Crippen LogP contribution in [0, 0.1) is 5.92 Å². The fraction of sp³-hybridized carbons (Fsp3) is 0.579.